The molecule has 0 aromatic heterocycles. The molecule has 0 aliphatic rings. The van der Waals surface area contributed by atoms with E-state index in [9.17, 15) is 9.59 Å². The summed E-state index contributed by atoms with van der Waals surface area (Å²) in [6, 6.07) is 12.1. The van der Waals surface area contributed by atoms with E-state index in [1.807, 2.05) is 31.2 Å². The van der Waals surface area contributed by atoms with Crippen LogP contribution < -0.4 is 10.1 Å². The zero-order valence-corrected chi connectivity index (χ0v) is 19.3. The summed E-state index contributed by atoms with van der Waals surface area (Å²) in [5, 5.41) is 3.50. The second-order valence-corrected chi connectivity index (χ2v) is 8.09. The molecule has 0 saturated carbocycles. The van der Waals surface area contributed by atoms with E-state index in [1.54, 1.807) is 25.2 Å². The molecule has 7 heteroatoms. The fraction of sp³-hybridized carbons (Fsp3) is 0.391. The highest BCUT2D eigenvalue weighted by Crippen LogP contribution is 2.27. The Morgan fingerprint density at radius 2 is 1.67 bits per heavy atom. The highest BCUT2D eigenvalue weighted by molar-refractivity contribution is 6.36. The Balaban J connectivity index is 2.22. The smallest absolute Gasteiger partial charge is 0.261 e. The van der Waals surface area contributed by atoms with Gasteiger partial charge in [0.2, 0.25) is 5.91 Å². The van der Waals surface area contributed by atoms with Gasteiger partial charge < -0.3 is 15.0 Å². The normalized spacial score (nSPS) is 11.8. The minimum atomic E-state index is -0.665. The number of nitrogens with one attached hydrogen (secondary N) is 1. The molecule has 2 aromatic rings. The van der Waals surface area contributed by atoms with Crippen LogP contribution in [-0.4, -0.2) is 36.4 Å². The number of hydrogen-bond donors (Lipinski definition) is 1. The van der Waals surface area contributed by atoms with Crippen LogP contribution in [0.1, 0.15) is 44.2 Å². The second-order valence-electron chi connectivity index (χ2n) is 7.27. The lowest BCUT2D eigenvalue weighted by molar-refractivity contribution is -0.142. The van der Waals surface area contributed by atoms with Crippen LogP contribution >= 0.6 is 23.2 Å². The van der Waals surface area contributed by atoms with Crippen molar-refractivity contribution < 1.29 is 14.3 Å². The van der Waals surface area contributed by atoms with Crippen LogP contribution in [0.15, 0.2) is 42.5 Å². The third kappa shape index (κ3) is 6.13. The Bertz CT molecular complexity index is 849. The van der Waals surface area contributed by atoms with Crippen molar-refractivity contribution in [2.75, 3.05) is 13.7 Å². The molecule has 2 aromatic carbocycles. The van der Waals surface area contributed by atoms with Crippen molar-refractivity contribution in [2.45, 2.75) is 45.7 Å². The lowest BCUT2D eigenvalue weighted by Gasteiger charge is -2.30. The molecule has 0 heterocycles. The fourth-order valence-corrected chi connectivity index (χ4v) is 3.63. The van der Waals surface area contributed by atoms with E-state index in [0.29, 0.717) is 33.7 Å². The summed E-state index contributed by atoms with van der Waals surface area (Å²) in [7, 11) is 1.54. The minimum Gasteiger partial charge on any atom is -0.484 e. The molecule has 1 unspecified atom stereocenters. The maximum absolute atomic E-state index is 13.1. The lowest BCUT2D eigenvalue weighted by atomic mass is 10.0. The van der Waals surface area contributed by atoms with Gasteiger partial charge in [-0.2, -0.15) is 0 Å². The zero-order valence-electron chi connectivity index (χ0n) is 17.7. The zero-order chi connectivity index (χ0) is 22.3. The molecule has 0 saturated heterocycles. The van der Waals surface area contributed by atoms with E-state index < -0.39 is 6.04 Å². The number of likely N-dealkylation sites (N-methyl/N-ethyl adjacent to an activating group) is 1. The largest absolute Gasteiger partial charge is 0.484 e. The van der Waals surface area contributed by atoms with Crippen LogP contribution in [0.2, 0.25) is 10.0 Å². The summed E-state index contributed by atoms with van der Waals surface area (Å²) in [6.45, 7) is 5.98. The first-order valence-electron chi connectivity index (χ1n) is 9.95. The molecular weight excluding hydrogens is 423 g/mol. The van der Waals surface area contributed by atoms with Gasteiger partial charge in [0.25, 0.3) is 5.91 Å². The van der Waals surface area contributed by atoms with Crippen molar-refractivity contribution in [1.29, 1.82) is 0 Å². The number of hydrogen-bond acceptors (Lipinski definition) is 3. The van der Waals surface area contributed by atoms with Gasteiger partial charge in [-0.3, -0.25) is 9.59 Å². The predicted molar refractivity (Wildman–Crippen MR) is 121 cm³/mol. The second kappa shape index (κ2) is 11.2. The average Bonchev–Trinajstić information content (AvgIpc) is 2.73. The van der Waals surface area contributed by atoms with E-state index in [1.165, 1.54) is 10.5 Å². The summed E-state index contributed by atoms with van der Waals surface area (Å²) in [5.74, 6) is 0.426. The van der Waals surface area contributed by atoms with E-state index in [4.69, 9.17) is 27.9 Å². The van der Waals surface area contributed by atoms with Crippen molar-refractivity contribution in [1.82, 2.24) is 10.2 Å². The fourth-order valence-electron chi connectivity index (χ4n) is 3.12. The molecule has 2 rings (SSSR count). The molecule has 5 nitrogen and oxygen atoms in total. The molecule has 0 spiro atoms. The molecule has 0 aliphatic heterocycles. The number of amides is 2. The van der Waals surface area contributed by atoms with Crippen LogP contribution in [0.5, 0.6) is 5.75 Å². The first-order valence-corrected chi connectivity index (χ1v) is 10.7. The standard InChI is InChI=1S/C23H28Cl2N2O3/c1-5-21(23(29)26-4)27(13-18-19(24)7-6-8-20(18)25)22(28)14-30-17-11-9-16(10-12-17)15(2)3/h6-12,15,21H,5,13-14H2,1-4H3,(H,26,29). The molecule has 30 heavy (non-hydrogen) atoms. The maximum Gasteiger partial charge on any atom is 0.261 e. The van der Waals surface area contributed by atoms with E-state index >= 15 is 0 Å². The molecule has 0 aliphatic carbocycles. The molecule has 2 amide bonds. The average molecular weight is 451 g/mol. The Morgan fingerprint density at radius 1 is 1.07 bits per heavy atom. The minimum absolute atomic E-state index is 0.110. The maximum atomic E-state index is 13.1. The van der Waals surface area contributed by atoms with Crippen LogP contribution in [0, 0.1) is 0 Å². The molecule has 1 atom stereocenters. The van der Waals surface area contributed by atoms with Crippen LogP contribution in [0.25, 0.3) is 0 Å². The molecule has 162 valence electrons. The summed E-state index contributed by atoms with van der Waals surface area (Å²) in [6.07, 6.45) is 0.441. The molecule has 0 bridgehead atoms. The number of carbonyl (C=O) groups excluding carboxylic acids is 2. The van der Waals surface area contributed by atoms with Crippen molar-refractivity contribution >= 4 is 35.0 Å². The van der Waals surface area contributed by atoms with Gasteiger partial charge in [0.15, 0.2) is 6.61 Å². The quantitative estimate of drug-likeness (QED) is 0.581. The van der Waals surface area contributed by atoms with Gasteiger partial charge >= 0.3 is 0 Å². The molecule has 0 radical (unpaired) electrons. The third-order valence-corrected chi connectivity index (χ3v) is 5.64. The first kappa shape index (κ1) is 24.0. The highest BCUT2D eigenvalue weighted by Gasteiger charge is 2.29. The van der Waals surface area contributed by atoms with Crippen molar-refractivity contribution in [3.05, 3.63) is 63.6 Å². The molecule has 1 N–H and O–H groups in total. The van der Waals surface area contributed by atoms with Crippen molar-refractivity contribution in [2.24, 2.45) is 0 Å². The van der Waals surface area contributed by atoms with Crippen molar-refractivity contribution in [3.63, 3.8) is 0 Å². The summed E-state index contributed by atoms with van der Waals surface area (Å²) in [5.41, 5.74) is 1.78. The summed E-state index contributed by atoms with van der Waals surface area (Å²) in [4.78, 5) is 27.0. The SMILES string of the molecule is CCC(C(=O)NC)N(Cc1c(Cl)cccc1Cl)C(=O)COc1ccc(C(C)C)cc1. The number of rotatable bonds is 9. The van der Waals surface area contributed by atoms with Crippen LogP contribution in [-0.2, 0) is 16.1 Å². The van der Waals surface area contributed by atoms with E-state index in [0.717, 1.165) is 0 Å². The van der Waals surface area contributed by atoms with Crippen molar-refractivity contribution in [3.8, 4) is 5.75 Å². The first-order chi connectivity index (χ1) is 14.3. The third-order valence-electron chi connectivity index (χ3n) is 4.93. The Hall–Kier alpha value is -2.24. The number of ether oxygens (including phenoxy) is 1. The van der Waals surface area contributed by atoms with Crippen LogP contribution in [0.4, 0.5) is 0 Å². The van der Waals surface area contributed by atoms with Gasteiger partial charge in [-0.25, -0.2) is 0 Å². The van der Waals surface area contributed by atoms with Gasteiger partial charge in [0, 0.05) is 29.2 Å². The Kier molecular flexibility index (Phi) is 9.00. The summed E-state index contributed by atoms with van der Waals surface area (Å²) >= 11 is 12.6. The van der Waals surface area contributed by atoms with E-state index in [-0.39, 0.29) is 25.0 Å². The van der Waals surface area contributed by atoms with Gasteiger partial charge in [0.1, 0.15) is 11.8 Å². The van der Waals surface area contributed by atoms with Gasteiger partial charge in [-0.05, 0) is 42.2 Å². The number of benzene rings is 2. The molecule has 0 fully saturated rings. The van der Waals surface area contributed by atoms with Crippen LogP contribution in [0.3, 0.4) is 0 Å². The lowest BCUT2D eigenvalue weighted by Crippen LogP contribution is -2.49. The highest BCUT2D eigenvalue weighted by atomic mass is 35.5. The Morgan fingerprint density at radius 3 is 2.17 bits per heavy atom. The number of carbonyl (C=O) groups is 2. The van der Waals surface area contributed by atoms with Gasteiger partial charge in [0.05, 0.1) is 0 Å². The topological polar surface area (TPSA) is 58.6 Å². The predicted octanol–water partition coefficient (Wildman–Crippen LogP) is 5.05. The number of nitrogens with zero attached hydrogens (tertiary/aromatic N) is 1. The summed E-state index contributed by atoms with van der Waals surface area (Å²) < 4.78 is 5.70. The molecular formula is C23H28Cl2N2O3. The monoisotopic (exact) mass is 450 g/mol. The number of halogens is 2. The van der Waals surface area contributed by atoms with Gasteiger partial charge in [-0.1, -0.05) is 62.2 Å². The van der Waals surface area contributed by atoms with Gasteiger partial charge in [-0.15, -0.1) is 0 Å². The van der Waals surface area contributed by atoms with E-state index in [2.05, 4.69) is 19.2 Å². The Labute approximate surface area is 188 Å².